The number of benzene rings is 3. The molecule has 0 saturated carbocycles. The van der Waals surface area contributed by atoms with Gasteiger partial charge in [-0.05, 0) is 36.5 Å². The van der Waals surface area contributed by atoms with Crippen molar-refractivity contribution in [1.82, 2.24) is 20.5 Å². The highest BCUT2D eigenvalue weighted by atomic mass is 16.6. The summed E-state index contributed by atoms with van der Waals surface area (Å²) >= 11 is 0. The number of anilines is 1. The van der Waals surface area contributed by atoms with E-state index >= 15 is 0 Å². The van der Waals surface area contributed by atoms with Crippen LogP contribution in [0, 0.1) is 0 Å². The number of rotatable bonds is 15. The number of amides is 2. The highest BCUT2D eigenvalue weighted by Crippen LogP contribution is 2.42. The molecule has 0 saturated heterocycles. The fourth-order valence-corrected chi connectivity index (χ4v) is 5.09. The van der Waals surface area contributed by atoms with Gasteiger partial charge in [-0.15, -0.1) is 0 Å². The lowest BCUT2D eigenvalue weighted by Crippen LogP contribution is -2.37. The van der Waals surface area contributed by atoms with Crippen LogP contribution in [-0.2, 0) is 14.2 Å². The minimum atomic E-state index is -1.31. The number of aromatic carboxylic acids is 1. The standard InChI is InChI=1S/C35H39N5O8/c1-6-39(15-19-46-34(43)37-4)24-11-13-28-30(21-24)48-31-22-25(40(16-18-45-23(2)36-3)17-20-47-35(44)38-5)12-14-29(31)32(28)26-9-7-8-10-27(26)33(41)42/h6-14,21-22,36H,1-2,15-20H2,3-5H3,(H2-,37,38,41,42,43,44). The van der Waals surface area contributed by atoms with E-state index in [0.29, 0.717) is 71.2 Å². The largest absolute Gasteiger partial charge is 0.545 e. The molecule has 0 fully saturated rings. The average molecular weight is 658 g/mol. The van der Waals surface area contributed by atoms with Crippen LogP contribution in [0.25, 0.3) is 33.4 Å². The van der Waals surface area contributed by atoms with E-state index < -0.39 is 18.2 Å². The fourth-order valence-electron chi connectivity index (χ4n) is 5.09. The van der Waals surface area contributed by atoms with Crippen molar-refractivity contribution in [2.45, 2.75) is 0 Å². The van der Waals surface area contributed by atoms with E-state index in [2.05, 4.69) is 29.1 Å². The first-order chi connectivity index (χ1) is 23.2. The van der Waals surface area contributed by atoms with Gasteiger partial charge in [-0.25, -0.2) is 14.2 Å². The Morgan fingerprint density at radius 3 is 2.23 bits per heavy atom. The number of carboxylic acids is 1. The lowest BCUT2D eigenvalue weighted by molar-refractivity contribution is -0.254. The Balaban J connectivity index is 1.91. The van der Waals surface area contributed by atoms with E-state index in [4.69, 9.17) is 18.6 Å². The smallest absolute Gasteiger partial charge is 0.407 e. The number of nitrogens with one attached hydrogen (secondary N) is 3. The number of nitrogens with zero attached hydrogens (tertiary/aromatic N) is 2. The number of hydrogen-bond acceptors (Lipinski definition) is 10. The minimum absolute atomic E-state index is 0.0356. The monoisotopic (exact) mass is 657 g/mol. The molecule has 2 aliphatic rings. The number of hydrogen-bond donors (Lipinski definition) is 3. The van der Waals surface area contributed by atoms with Crippen molar-refractivity contribution in [1.29, 1.82) is 0 Å². The van der Waals surface area contributed by atoms with Gasteiger partial charge in [0.2, 0.25) is 5.36 Å². The molecule has 0 unspecified atom stereocenters. The van der Waals surface area contributed by atoms with Crippen LogP contribution in [0.4, 0.5) is 15.3 Å². The Bertz CT molecular complexity index is 1830. The summed E-state index contributed by atoms with van der Waals surface area (Å²) in [6, 6.07) is 17.8. The number of ether oxygens (including phenoxy) is 3. The van der Waals surface area contributed by atoms with Crippen molar-refractivity contribution in [3.8, 4) is 22.5 Å². The quantitative estimate of drug-likeness (QED) is 0.0987. The van der Waals surface area contributed by atoms with Crippen molar-refractivity contribution in [2.75, 3.05) is 65.5 Å². The zero-order valence-electron chi connectivity index (χ0n) is 27.2. The van der Waals surface area contributed by atoms with Crippen LogP contribution < -0.4 is 35.9 Å². The van der Waals surface area contributed by atoms with Crippen LogP contribution in [0.3, 0.4) is 0 Å². The Morgan fingerprint density at radius 2 is 1.56 bits per heavy atom. The first kappa shape index (κ1) is 34.9. The molecule has 2 aromatic rings. The van der Waals surface area contributed by atoms with Gasteiger partial charge >= 0.3 is 12.2 Å². The van der Waals surface area contributed by atoms with E-state index in [0.717, 1.165) is 5.36 Å². The highest BCUT2D eigenvalue weighted by Gasteiger charge is 2.22. The average Bonchev–Trinajstić information content (AvgIpc) is 3.10. The van der Waals surface area contributed by atoms with Crippen LogP contribution in [0.15, 0.2) is 90.3 Å². The summed E-state index contributed by atoms with van der Waals surface area (Å²) in [5.74, 6) is -0.413. The lowest BCUT2D eigenvalue weighted by atomic mass is 9.90. The second kappa shape index (κ2) is 16.5. The van der Waals surface area contributed by atoms with E-state index in [-0.39, 0.29) is 18.8 Å². The molecule has 1 aliphatic carbocycles. The highest BCUT2D eigenvalue weighted by molar-refractivity contribution is 6.07. The first-order valence-electron chi connectivity index (χ1n) is 15.2. The van der Waals surface area contributed by atoms with Gasteiger partial charge in [0.25, 0.3) is 0 Å². The molecule has 252 valence electrons. The number of fused-ring (bicyclic) bond motifs is 2. The molecule has 0 bridgehead atoms. The summed E-state index contributed by atoms with van der Waals surface area (Å²) in [5, 5.41) is 21.4. The third-order valence-electron chi connectivity index (χ3n) is 7.51. The zero-order chi connectivity index (χ0) is 34.6. The third kappa shape index (κ3) is 8.43. The number of alkyl carbamates (subject to hydrolysis) is 2. The molecule has 0 radical (unpaired) electrons. The normalized spacial score (nSPS) is 11.3. The predicted octanol–water partition coefficient (Wildman–Crippen LogP) is 2.71. The lowest BCUT2D eigenvalue weighted by Gasteiger charge is -2.22. The summed E-state index contributed by atoms with van der Waals surface area (Å²) in [5.41, 5.74) is 3.02. The van der Waals surface area contributed by atoms with Crippen LogP contribution in [0.2, 0.25) is 0 Å². The van der Waals surface area contributed by atoms with Crippen molar-refractivity contribution in [3.05, 3.63) is 96.8 Å². The van der Waals surface area contributed by atoms with E-state index in [9.17, 15) is 19.5 Å². The van der Waals surface area contributed by atoms with Crippen LogP contribution in [0.5, 0.6) is 0 Å². The first-order valence-corrected chi connectivity index (χ1v) is 15.2. The topological polar surface area (TPSA) is 157 Å². The van der Waals surface area contributed by atoms with Crippen LogP contribution in [0.1, 0.15) is 10.4 Å². The number of carboxylic acid groups (broad SMARTS) is 1. The molecule has 0 atom stereocenters. The summed E-state index contributed by atoms with van der Waals surface area (Å²) < 4.78 is 24.5. The summed E-state index contributed by atoms with van der Waals surface area (Å²) in [6.45, 7) is 9.30. The molecule has 0 spiro atoms. The van der Waals surface area contributed by atoms with Crippen molar-refractivity contribution in [3.63, 3.8) is 0 Å². The molecule has 1 heterocycles. The van der Waals surface area contributed by atoms with Crippen molar-refractivity contribution in [2.24, 2.45) is 0 Å². The fraction of sp³-hybridized carbons (Fsp3) is 0.257. The van der Waals surface area contributed by atoms with Gasteiger partial charge in [0.15, 0.2) is 25.6 Å². The molecular formula is C35H39N5O8. The van der Waals surface area contributed by atoms with E-state index in [1.807, 2.05) is 41.0 Å². The molecule has 0 aromatic heterocycles. The number of carbonyl (C=O) groups excluding carboxylic acids is 3. The molecule has 4 rings (SSSR count). The minimum Gasteiger partial charge on any atom is -0.545 e. The summed E-state index contributed by atoms with van der Waals surface area (Å²) in [6.07, 6.45) is 0.526. The van der Waals surface area contributed by atoms with Gasteiger partial charge in [0.1, 0.15) is 24.6 Å². The van der Waals surface area contributed by atoms with E-state index in [1.165, 1.54) is 20.2 Å². The molecule has 2 amide bonds. The van der Waals surface area contributed by atoms with Gasteiger partial charge in [0.05, 0.1) is 18.6 Å². The molecule has 13 heteroatoms. The second-order valence-corrected chi connectivity index (χ2v) is 10.3. The molecule has 48 heavy (non-hydrogen) atoms. The van der Waals surface area contributed by atoms with Crippen molar-refractivity contribution >= 4 is 34.8 Å². The van der Waals surface area contributed by atoms with Crippen LogP contribution >= 0.6 is 0 Å². The maximum Gasteiger partial charge on any atom is 0.407 e. The molecular weight excluding hydrogens is 618 g/mol. The summed E-state index contributed by atoms with van der Waals surface area (Å²) in [7, 11) is 4.68. The Morgan fingerprint density at radius 1 is 0.875 bits per heavy atom. The molecule has 3 N–H and O–H groups in total. The number of carbonyl (C=O) groups is 3. The molecule has 13 nitrogen and oxygen atoms in total. The van der Waals surface area contributed by atoms with E-state index in [1.54, 1.807) is 36.3 Å². The Kier molecular flexibility index (Phi) is 12.0. The maximum atomic E-state index is 12.2. The SMILES string of the molecule is C=CN(CCOC(=O)NC)c1ccc2c(-c3ccccc3C(=O)[O-])c3ccc(=[N+](CCOC(=C)NC)CCOC(=O)NC)cc-3oc2c1. The maximum absolute atomic E-state index is 12.2. The van der Waals surface area contributed by atoms with Crippen LogP contribution in [-0.4, -0.2) is 78.8 Å². The Labute approximate surface area is 278 Å². The zero-order valence-corrected chi connectivity index (χ0v) is 27.2. The Hall–Kier alpha value is -5.98. The predicted molar refractivity (Wildman–Crippen MR) is 180 cm³/mol. The van der Waals surface area contributed by atoms with Gasteiger partial charge in [-0.1, -0.05) is 30.8 Å². The van der Waals surface area contributed by atoms with Crippen molar-refractivity contribution < 1.29 is 38.1 Å². The molecule has 2 aromatic carbocycles. The van der Waals surface area contributed by atoms with Gasteiger partial charge in [-0.2, -0.15) is 0 Å². The molecule has 1 aliphatic heterocycles. The van der Waals surface area contributed by atoms with Gasteiger partial charge < -0.3 is 49.4 Å². The van der Waals surface area contributed by atoms with Gasteiger partial charge in [0, 0.05) is 61.0 Å². The summed E-state index contributed by atoms with van der Waals surface area (Å²) in [4.78, 5) is 37.3. The van der Waals surface area contributed by atoms with Gasteiger partial charge in [-0.3, -0.25) is 0 Å². The third-order valence-corrected chi connectivity index (χ3v) is 7.51. The second-order valence-electron chi connectivity index (χ2n) is 10.3.